The molecule has 3 heterocycles. The fraction of sp³-hybridized carbons (Fsp3) is 0.200. The lowest BCUT2D eigenvalue weighted by Crippen LogP contribution is -2.37. The number of fused-ring (bicyclic) bond motifs is 5. The fourth-order valence-electron chi connectivity index (χ4n) is 5.23. The molecule has 7 nitrogen and oxygen atoms in total. The van der Waals surface area contributed by atoms with Crippen molar-refractivity contribution in [1.82, 2.24) is 13.7 Å². The Morgan fingerprint density at radius 2 is 1.59 bits per heavy atom. The van der Waals surface area contributed by atoms with E-state index in [1.807, 2.05) is 86.6 Å². The van der Waals surface area contributed by atoms with E-state index in [-0.39, 0.29) is 11.2 Å². The molecule has 1 aliphatic heterocycles. The number of ether oxygens (including phenoxy) is 2. The number of hydrogen-bond acceptors (Lipinski definition) is 4. The van der Waals surface area contributed by atoms with Crippen molar-refractivity contribution in [2.75, 3.05) is 6.61 Å². The van der Waals surface area contributed by atoms with Crippen molar-refractivity contribution in [3.05, 3.63) is 110 Å². The average molecular weight is 494 g/mol. The number of hydrogen-bond donors (Lipinski definition) is 0. The lowest BCUT2D eigenvalue weighted by molar-refractivity contribution is 0.229. The third kappa shape index (κ3) is 3.42. The minimum absolute atomic E-state index is 0.335. The van der Waals surface area contributed by atoms with E-state index in [1.54, 1.807) is 11.6 Å². The second kappa shape index (κ2) is 8.55. The zero-order valence-electron chi connectivity index (χ0n) is 21.2. The zero-order chi connectivity index (χ0) is 25.8. The predicted molar refractivity (Wildman–Crippen MR) is 144 cm³/mol. The summed E-state index contributed by atoms with van der Waals surface area (Å²) in [7, 11) is 3.23. The Morgan fingerprint density at radius 3 is 2.30 bits per heavy atom. The van der Waals surface area contributed by atoms with Gasteiger partial charge in [-0.1, -0.05) is 54.1 Å². The summed E-state index contributed by atoms with van der Waals surface area (Å²) in [6.45, 7) is 4.55. The van der Waals surface area contributed by atoms with E-state index in [9.17, 15) is 9.59 Å². The molecule has 3 aromatic carbocycles. The van der Waals surface area contributed by atoms with E-state index in [0.29, 0.717) is 23.3 Å². The first-order valence-corrected chi connectivity index (χ1v) is 12.3. The molecular formula is C30H27N3O4. The minimum Gasteiger partial charge on any atom is -0.494 e. The van der Waals surface area contributed by atoms with Crippen molar-refractivity contribution in [3.63, 3.8) is 0 Å². The number of rotatable bonds is 4. The van der Waals surface area contributed by atoms with Gasteiger partial charge >= 0.3 is 5.69 Å². The van der Waals surface area contributed by atoms with E-state index in [2.05, 4.69) is 4.57 Å². The van der Waals surface area contributed by atoms with Gasteiger partial charge in [0, 0.05) is 14.1 Å². The van der Waals surface area contributed by atoms with Crippen LogP contribution in [0.15, 0.2) is 82.4 Å². The van der Waals surface area contributed by atoms with E-state index in [1.165, 1.54) is 11.6 Å². The molecule has 37 heavy (non-hydrogen) atoms. The van der Waals surface area contributed by atoms with Gasteiger partial charge < -0.3 is 14.0 Å². The van der Waals surface area contributed by atoms with Crippen molar-refractivity contribution in [2.24, 2.45) is 14.1 Å². The molecule has 0 amide bonds. The van der Waals surface area contributed by atoms with Crippen LogP contribution in [0.25, 0.3) is 27.8 Å². The van der Waals surface area contributed by atoms with Gasteiger partial charge in [0.2, 0.25) is 0 Å². The van der Waals surface area contributed by atoms with E-state index >= 15 is 0 Å². The van der Waals surface area contributed by atoms with Crippen molar-refractivity contribution >= 4 is 10.9 Å². The first-order valence-electron chi connectivity index (χ1n) is 12.3. The molecule has 0 spiro atoms. The molecule has 186 valence electrons. The average Bonchev–Trinajstić information content (AvgIpc) is 3.28. The molecule has 5 aromatic rings. The van der Waals surface area contributed by atoms with Crippen LogP contribution in [0.4, 0.5) is 0 Å². The Hall–Kier alpha value is -4.52. The maximum atomic E-state index is 13.7. The molecule has 0 saturated heterocycles. The molecule has 0 fully saturated rings. The number of nitrogens with zero attached hydrogens (tertiary/aromatic N) is 3. The molecule has 6 rings (SSSR count). The summed E-state index contributed by atoms with van der Waals surface area (Å²) in [6.07, 6.45) is -0.551. The molecule has 0 aliphatic carbocycles. The summed E-state index contributed by atoms with van der Waals surface area (Å²) in [5, 5.41) is 0.486. The van der Waals surface area contributed by atoms with Crippen molar-refractivity contribution in [2.45, 2.75) is 20.0 Å². The van der Waals surface area contributed by atoms with Crippen LogP contribution in [0, 0.1) is 6.92 Å². The molecule has 0 radical (unpaired) electrons. The van der Waals surface area contributed by atoms with Crippen LogP contribution in [-0.4, -0.2) is 20.3 Å². The van der Waals surface area contributed by atoms with Gasteiger partial charge in [-0.25, -0.2) is 4.79 Å². The van der Waals surface area contributed by atoms with Crippen LogP contribution in [-0.2, 0) is 14.1 Å². The highest BCUT2D eigenvalue weighted by molar-refractivity contribution is 5.98. The van der Waals surface area contributed by atoms with Crippen LogP contribution >= 0.6 is 0 Å². The second-order valence-corrected chi connectivity index (χ2v) is 9.33. The highest BCUT2D eigenvalue weighted by Gasteiger charge is 2.36. The molecule has 1 unspecified atom stereocenters. The van der Waals surface area contributed by atoms with Crippen LogP contribution in [0.1, 0.15) is 29.8 Å². The van der Waals surface area contributed by atoms with Crippen LogP contribution in [0.5, 0.6) is 11.5 Å². The lowest BCUT2D eigenvalue weighted by Gasteiger charge is -2.30. The number of para-hydroxylation sites is 2. The highest BCUT2D eigenvalue weighted by Crippen LogP contribution is 2.46. The van der Waals surface area contributed by atoms with Crippen LogP contribution in [0.3, 0.4) is 0 Å². The predicted octanol–water partition coefficient (Wildman–Crippen LogP) is 4.88. The van der Waals surface area contributed by atoms with Gasteiger partial charge in [0.15, 0.2) is 6.10 Å². The summed E-state index contributed by atoms with van der Waals surface area (Å²) in [5.74, 6) is 1.47. The van der Waals surface area contributed by atoms with E-state index < -0.39 is 6.10 Å². The van der Waals surface area contributed by atoms with Gasteiger partial charge in [0.05, 0.1) is 34.6 Å². The summed E-state index contributed by atoms with van der Waals surface area (Å²) >= 11 is 0. The van der Waals surface area contributed by atoms with E-state index in [4.69, 9.17) is 9.47 Å². The quantitative estimate of drug-likeness (QED) is 0.358. The monoisotopic (exact) mass is 493 g/mol. The first kappa shape index (κ1) is 22.9. The Morgan fingerprint density at radius 1 is 0.892 bits per heavy atom. The summed E-state index contributed by atoms with van der Waals surface area (Å²) in [6, 6.07) is 23.7. The molecule has 7 heteroatoms. The normalized spacial score (nSPS) is 14.2. The zero-order valence-corrected chi connectivity index (χ0v) is 21.2. The maximum Gasteiger partial charge on any atom is 0.331 e. The SMILES string of the molecule is CCOc1ccc(C2Oc3ccccc3-n3c(-c4ccc(C)cc4)c4c(=O)n(C)c(=O)n(C)c4c32)cc1. The van der Waals surface area contributed by atoms with Gasteiger partial charge in [0.1, 0.15) is 11.5 Å². The summed E-state index contributed by atoms with van der Waals surface area (Å²) in [4.78, 5) is 26.9. The highest BCUT2D eigenvalue weighted by atomic mass is 16.5. The maximum absolute atomic E-state index is 13.7. The topological polar surface area (TPSA) is 67.4 Å². The first-order chi connectivity index (χ1) is 17.9. The molecule has 1 atom stereocenters. The number of benzene rings is 3. The molecule has 0 N–H and O–H groups in total. The number of aryl methyl sites for hydroxylation is 2. The van der Waals surface area contributed by atoms with Crippen molar-refractivity contribution in [3.8, 4) is 28.4 Å². The van der Waals surface area contributed by atoms with Gasteiger partial charge in [-0.3, -0.25) is 13.9 Å². The Labute approximate surface area is 213 Å². The third-order valence-corrected chi connectivity index (χ3v) is 7.03. The van der Waals surface area contributed by atoms with Gasteiger partial charge in [-0.15, -0.1) is 0 Å². The summed E-state index contributed by atoms with van der Waals surface area (Å²) in [5.41, 5.74) is 5.05. The van der Waals surface area contributed by atoms with Gasteiger partial charge in [-0.2, -0.15) is 0 Å². The van der Waals surface area contributed by atoms with Crippen molar-refractivity contribution in [1.29, 1.82) is 0 Å². The Kier molecular flexibility index (Phi) is 5.30. The second-order valence-electron chi connectivity index (χ2n) is 9.33. The molecule has 0 bridgehead atoms. The minimum atomic E-state index is -0.551. The fourth-order valence-corrected chi connectivity index (χ4v) is 5.23. The molecule has 2 aromatic heterocycles. The molecule has 1 aliphatic rings. The standard InChI is InChI=1S/C30H27N3O4/c1-5-36-21-16-14-20(15-17-21)28-27-26-24(29(34)32(4)30(35)31(26)3)25(19-12-10-18(2)11-13-19)33(27)22-8-6-7-9-23(22)37-28/h6-17,28H,5H2,1-4H3. The Balaban J connectivity index is 1.78. The van der Waals surface area contributed by atoms with Gasteiger partial charge in [0.25, 0.3) is 5.56 Å². The molecular weight excluding hydrogens is 466 g/mol. The van der Waals surface area contributed by atoms with Crippen molar-refractivity contribution < 1.29 is 9.47 Å². The van der Waals surface area contributed by atoms with Gasteiger partial charge in [-0.05, 0) is 49.2 Å². The van der Waals surface area contributed by atoms with Crippen LogP contribution < -0.4 is 20.7 Å². The van der Waals surface area contributed by atoms with Crippen LogP contribution in [0.2, 0.25) is 0 Å². The summed E-state index contributed by atoms with van der Waals surface area (Å²) < 4.78 is 17.1. The third-order valence-electron chi connectivity index (χ3n) is 7.03. The largest absolute Gasteiger partial charge is 0.494 e. The number of aromatic nitrogens is 3. The Bertz CT molecular complexity index is 1770. The van der Waals surface area contributed by atoms with E-state index in [0.717, 1.165) is 39.5 Å². The molecule has 0 saturated carbocycles. The lowest BCUT2D eigenvalue weighted by atomic mass is 10.0. The smallest absolute Gasteiger partial charge is 0.331 e.